The lowest BCUT2D eigenvalue weighted by atomic mass is 10.1. The summed E-state index contributed by atoms with van der Waals surface area (Å²) in [5, 5.41) is 14.9. The summed E-state index contributed by atoms with van der Waals surface area (Å²) in [5.41, 5.74) is 3.96. The summed E-state index contributed by atoms with van der Waals surface area (Å²) in [6, 6.07) is 22.4. The van der Waals surface area contributed by atoms with Gasteiger partial charge >= 0.3 is 0 Å². The molecule has 6 heteroatoms. The van der Waals surface area contributed by atoms with Crippen LogP contribution in [0.1, 0.15) is 16.7 Å². The van der Waals surface area contributed by atoms with Gasteiger partial charge in [0.2, 0.25) is 5.91 Å². The lowest BCUT2D eigenvalue weighted by Gasteiger charge is -2.12. The number of anilines is 2. The number of carbonyl (C=O) groups is 1. The molecule has 30 heavy (non-hydrogen) atoms. The second kappa shape index (κ2) is 9.99. The Bertz CT molecular complexity index is 1070. The van der Waals surface area contributed by atoms with E-state index < -0.39 is 0 Å². The number of benzene rings is 3. The first-order chi connectivity index (χ1) is 14.6. The topological polar surface area (TPSA) is 83.4 Å². The van der Waals surface area contributed by atoms with Crippen molar-refractivity contribution in [1.82, 2.24) is 0 Å². The van der Waals surface area contributed by atoms with Crippen LogP contribution < -0.4 is 20.1 Å². The molecule has 2 N–H and O–H groups in total. The summed E-state index contributed by atoms with van der Waals surface area (Å²) in [6.45, 7) is 2.41. The van der Waals surface area contributed by atoms with Gasteiger partial charge in [0.15, 0.2) is 0 Å². The van der Waals surface area contributed by atoms with E-state index in [1.54, 1.807) is 19.2 Å². The van der Waals surface area contributed by atoms with Crippen LogP contribution in [0.2, 0.25) is 0 Å². The Morgan fingerprint density at radius 1 is 1.07 bits per heavy atom. The van der Waals surface area contributed by atoms with Crippen LogP contribution >= 0.6 is 0 Å². The van der Waals surface area contributed by atoms with Crippen molar-refractivity contribution in [1.29, 1.82) is 5.26 Å². The average Bonchev–Trinajstić information content (AvgIpc) is 2.77. The molecule has 3 aromatic rings. The standard InChI is InChI=1S/C24H23N3O3/c1-17-9-10-23(29-2)22(11-17)27-24(28)15-26-20-7-4-8-21(13-20)30-16-19-6-3-5-18(12-19)14-25/h3-13,26H,15-16H2,1-2H3,(H,27,28). The molecule has 3 rings (SSSR count). The van der Waals surface area contributed by atoms with Gasteiger partial charge in [-0.3, -0.25) is 4.79 Å². The van der Waals surface area contributed by atoms with Gasteiger partial charge in [-0.25, -0.2) is 0 Å². The molecular weight excluding hydrogens is 378 g/mol. The molecule has 0 fully saturated rings. The second-order valence-electron chi connectivity index (χ2n) is 6.73. The van der Waals surface area contributed by atoms with E-state index >= 15 is 0 Å². The maximum absolute atomic E-state index is 12.3. The highest BCUT2D eigenvalue weighted by atomic mass is 16.5. The molecule has 0 saturated carbocycles. The zero-order chi connectivity index (χ0) is 21.3. The van der Waals surface area contributed by atoms with Gasteiger partial charge in [-0.1, -0.05) is 24.3 Å². The third kappa shape index (κ3) is 5.76. The van der Waals surface area contributed by atoms with Crippen molar-refractivity contribution in [3.63, 3.8) is 0 Å². The van der Waals surface area contributed by atoms with Gasteiger partial charge in [-0.15, -0.1) is 0 Å². The van der Waals surface area contributed by atoms with Crippen molar-refractivity contribution in [2.75, 3.05) is 24.3 Å². The first-order valence-electron chi connectivity index (χ1n) is 9.47. The van der Waals surface area contributed by atoms with Crippen LogP contribution in [0, 0.1) is 18.3 Å². The molecule has 0 saturated heterocycles. The average molecular weight is 401 g/mol. The molecule has 0 aliphatic heterocycles. The highest BCUT2D eigenvalue weighted by Gasteiger charge is 2.08. The molecule has 0 radical (unpaired) electrons. The van der Waals surface area contributed by atoms with Gasteiger partial charge in [0.05, 0.1) is 31.0 Å². The highest BCUT2D eigenvalue weighted by molar-refractivity contribution is 5.95. The molecule has 0 atom stereocenters. The minimum Gasteiger partial charge on any atom is -0.495 e. The Morgan fingerprint density at radius 3 is 2.70 bits per heavy atom. The molecular formula is C24H23N3O3. The molecule has 0 aliphatic carbocycles. The summed E-state index contributed by atoms with van der Waals surface area (Å²) in [6.07, 6.45) is 0. The number of aryl methyl sites for hydroxylation is 1. The number of hydrogen-bond donors (Lipinski definition) is 2. The van der Waals surface area contributed by atoms with Crippen LogP contribution in [0.5, 0.6) is 11.5 Å². The molecule has 3 aromatic carbocycles. The number of nitrogens with one attached hydrogen (secondary N) is 2. The number of carbonyl (C=O) groups excluding carboxylic acids is 1. The summed E-state index contributed by atoms with van der Waals surface area (Å²) in [7, 11) is 1.57. The first kappa shape index (κ1) is 20.7. The smallest absolute Gasteiger partial charge is 0.243 e. The Kier molecular flexibility index (Phi) is 6.91. The van der Waals surface area contributed by atoms with E-state index in [9.17, 15) is 4.79 Å². The van der Waals surface area contributed by atoms with Crippen molar-refractivity contribution in [3.05, 3.63) is 83.4 Å². The summed E-state index contributed by atoms with van der Waals surface area (Å²) < 4.78 is 11.1. The molecule has 0 aromatic heterocycles. The number of amides is 1. The van der Waals surface area contributed by atoms with Gasteiger partial charge < -0.3 is 20.1 Å². The zero-order valence-electron chi connectivity index (χ0n) is 16.9. The van der Waals surface area contributed by atoms with Gasteiger partial charge in [0.1, 0.15) is 18.1 Å². The maximum Gasteiger partial charge on any atom is 0.243 e. The van der Waals surface area contributed by atoms with E-state index in [-0.39, 0.29) is 12.5 Å². The Hall–Kier alpha value is -3.98. The zero-order valence-corrected chi connectivity index (χ0v) is 16.9. The number of methoxy groups -OCH3 is 1. The van der Waals surface area contributed by atoms with Gasteiger partial charge in [-0.05, 0) is 54.4 Å². The second-order valence-corrected chi connectivity index (χ2v) is 6.73. The number of rotatable bonds is 8. The van der Waals surface area contributed by atoms with Crippen LogP contribution in [0.25, 0.3) is 0 Å². The molecule has 6 nitrogen and oxygen atoms in total. The Balaban J connectivity index is 1.55. The molecule has 0 aliphatic rings. The quantitative estimate of drug-likeness (QED) is 0.580. The van der Waals surface area contributed by atoms with E-state index in [1.807, 2.05) is 61.5 Å². The third-order valence-electron chi connectivity index (χ3n) is 4.38. The van der Waals surface area contributed by atoms with Crippen LogP contribution in [0.3, 0.4) is 0 Å². The van der Waals surface area contributed by atoms with Gasteiger partial charge in [0, 0.05) is 11.8 Å². The molecule has 0 heterocycles. The fourth-order valence-electron chi connectivity index (χ4n) is 2.89. The van der Waals surface area contributed by atoms with E-state index in [2.05, 4.69) is 16.7 Å². The van der Waals surface area contributed by atoms with E-state index in [1.165, 1.54) is 0 Å². The molecule has 0 unspecified atom stereocenters. The largest absolute Gasteiger partial charge is 0.495 e. The number of ether oxygens (including phenoxy) is 2. The molecule has 0 bridgehead atoms. The number of nitriles is 1. The van der Waals surface area contributed by atoms with Crippen LogP contribution in [0.4, 0.5) is 11.4 Å². The number of nitrogens with zero attached hydrogens (tertiary/aromatic N) is 1. The van der Waals surface area contributed by atoms with Crippen molar-refractivity contribution < 1.29 is 14.3 Å². The van der Waals surface area contributed by atoms with Crippen molar-refractivity contribution in [2.24, 2.45) is 0 Å². The van der Waals surface area contributed by atoms with Gasteiger partial charge in [0.25, 0.3) is 0 Å². The predicted octanol–water partition coefficient (Wildman–Crippen LogP) is 4.50. The Labute approximate surface area is 176 Å². The van der Waals surface area contributed by atoms with Crippen molar-refractivity contribution >= 4 is 17.3 Å². The van der Waals surface area contributed by atoms with Crippen LogP contribution in [-0.2, 0) is 11.4 Å². The van der Waals surface area contributed by atoms with Gasteiger partial charge in [-0.2, -0.15) is 5.26 Å². The fourth-order valence-corrected chi connectivity index (χ4v) is 2.89. The highest BCUT2D eigenvalue weighted by Crippen LogP contribution is 2.25. The normalized spacial score (nSPS) is 10.0. The minimum absolute atomic E-state index is 0.102. The van der Waals surface area contributed by atoms with E-state index in [0.29, 0.717) is 29.4 Å². The van der Waals surface area contributed by atoms with Crippen molar-refractivity contribution in [3.8, 4) is 17.6 Å². The maximum atomic E-state index is 12.3. The SMILES string of the molecule is COc1ccc(C)cc1NC(=O)CNc1cccc(OCc2cccc(C#N)c2)c1. The van der Waals surface area contributed by atoms with Crippen LogP contribution in [0.15, 0.2) is 66.7 Å². The van der Waals surface area contributed by atoms with Crippen LogP contribution in [-0.4, -0.2) is 19.6 Å². The number of hydrogen-bond acceptors (Lipinski definition) is 5. The lowest BCUT2D eigenvalue weighted by molar-refractivity contribution is -0.114. The molecule has 0 spiro atoms. The summed E-state index contributed by atoms with van der Waals surface area (Å²) >= 11 is 0. The third-order valence-corrected chi connectivity index (χ3v) is 4.38. The lowest BCUT2D eigenvalue weighted by Crippen LogP contribution is -2.22. The van der Waals surface area contributed by atoms with E-state index in [0.717, 1.165) is 16.8 Å². The molecule has 152 valence electrons. The predicted molar refractivity (Wildman–Crippen MR) is 117 cm³/mol. The minimum atomic E-state index is -0.182. The Morgan fingerprint density at radius 2 is 1.90 bits per heavy atom. The van der Waals surface area contributed by atoms with Crippen molar-refractivity contribution in [2.45, 2.75) is 13.5 Å². The first-order valence-corrected chi connectivity index (χ1v) is 9.47. The fraction of sp³-hybridized carbons (Fsp3) is 0.167. The summed E-state index contributed by atoms with van der Waals surface area (Å²) in [4.78, 5) is 12.3. The monoisotopic (exact) mass is 401 g/mol. The molecule has 1 amide bonds. The van der Waals surface area contributed by atoms with E-state index in [4.69, 9.17) is 14.7 Å². The summed E-state index contributed by atoms with van der Waals surface area (Å²) in [5.74, 6) is 1.10.